The van der Waals surface area contributed by atoms with Crippen LogP contribution in [0.2, 0.25) is 0 Å². The summed E-state index contributed by atoms with van der Waals surface area (Å²) in [6.07, 6.45) is 1.88. The lowest BCUT2D eigenvalue weighted by Gasteiger charge is -2.23. The van der Waals surface area contributed by atoms with Crippen LogP contribution >= 0.6 is 11.3 Å². The molecule has 1 aromatic carbocycles. The van der Waals surface area contributed by atoms with E-state index in [1.165, 1.54) is 16.2 Å². The average Bonchev–Trinajstić information content (AvgIpc) is 2.88. The van der Waals surface area contributed by atoms with Crippen molar-refractivity contribution in [3.63, 3.8) is 0 Å². The third-order valence-corrected chi connectivity index (χ3v) is 5.45. The second-order valence-corrected chi connectivity index (χ2v) is 7.29. The van der Waals surface area contributed by atoms with Crippen LogP contribution in [0, 0.1) is 0 Å². The first kappa shape index (κ1) is 16.9. The SMILES string of the molecule is COc1cccc(NC(=O)c2nc3c(s2)CCN(C(C)C)CC3)c1. The summed E-state index contributed by atoms with van der Waals surface area (Å²) in [5, 5.41) is 3.45. The molecule has 0 bridgehead atoms. The van der Waals surface area contributed by atoms with Crippen molar-refractivity contribution < 1.29 is 9.53 Å². The predicted molar refractivity (Wildman–Crippen MR) is 97.2 cm³/mol. The van der Waals surface area contributed by atoms with Gasteiger partial charge in [0.05, 0.1) is 12.8 Å². The quantitative estimate of drug-likeness (QED) is 0.924. The minimum atomic E-state index is -0.151. The van der Waals surface area contributed by atoms with Crippen molar-refractivity contribution in [3.05, 3.63) is 39.8 Å². The molecule has 1 aliphatic heterocycles. The molecule has 0 aliphatic carbocycles. The number of rotatable bonds is 4. The number of methoxy groups -OCH3 is 1. The standard InChI is InChI=1S/C18H23N3O2S/c1-12(2)21-9-7-15-16(8-10-21)24-18(20-15)17(22)19-13-5-4-6-14(11-13)23-3/h4-6,11-12H,7-10H2,1-3H3,(H,19,22). The summed E-state index contributed by atoms with van der Waals surface area (Å²) in [5.74, 6) is 0.568. The molecule has 3 rings (SSSR count). The van der Waals surface area contributed by atoms with Gasteiger partial charge in [0.25, 0.3) is 5.91 Å². The summed E-state index contributed by atoms with van der Waals surface area (Å²) < 4.78 is 5.18. The molecule has 6 heteroatoms. The number of ether oxygens (including phenoxy) is 1. The first-order valence-corrected chi connectivity index (χ1v) is 9.06. The number of thiazole rings is 1. The van der Waals surface area contributed by atoms with Crippen LogP contribution in [0.15, 0.2) is 24.3 Å². The zero-order valence-corrected chi connectivity index (χ0v) is 15.2. The molecule has 0 fully saturated rings. The maximum absolute atomic E-state index is 12.5. The van der Waals surface area contributed by atoms with Gasteiger partial charge >= 0.3 is 0 Å². The first-order chi connectivity index (χ1) is 11.6. The van der Waals surface area contributed by atoms with Crippen LogP contribution in [0.3, 0.4) is 0 Å². The number of aromatic nitrogens is 1. The number of nitrogens with one attached hydrogen (secondary N) is 1. The summed E-state index contributed by atoms with van der Waals surface area (Å²) >= 11 is 1.52. The molecule has 0 saturated carbocycles. The molecule has 5 nitrogen and oxygen atoms in total. The number of anilines is 1. The van der Waals surface area contributed by atoms with E-state index < -0.39 is 0 Å². The zero-order valence-electron chi connectivity index (χ0n) is 14.3. The van der Waals surface area contributed by atoms with Crippen molar-refractivity contribution >= 4 is 22.9 Å². The molecule has 2 heterocycles. The van der Waals surface area contributed by atoms with Crippen molar-refractivity contribution in [2.75, 3.05) is 25.5 Å². The normalized spacial score (nSPS) is 15.0. The number of hydrogen-bond donors (Lipinski definition) is 1. The Labute approximate surface area is 146 Å². The Kier molecular flexibility index (Phi) is 5.16. The van der Waals surface area contributed by atoms with Crippen LogP contribution in [-0.2, 0) is 12.8 Å². The third-order valence-electron chi connectivity index (χ3n) is 4.29. The Hall–Kier alpha value is -1.92. The maximum Gasteiger partial charge on any atom is 0.284 e. The van der Waals surface area contributed by atoms with E-state index in [9.17, 15) is 4.79 Å². The van der Waals surface area contributed by atoms with Gasteiger partial charge in [-0.2, -0.15) is 0 Å². The summed E-state index contributed by atoms with van der Waals surface area (Å²) in [7, 11) is 1.61. The molecular formula is C18H23N3O2S. The molecule has 0 unspecified atom stereocenters. The molecule has 1 aliphatic rings. The van der Waals surface area contributed by atoms with E-state index >= 15 is 0 Å². The smallest absolute Gasteiger partial charge is 0.284 e. The van der Waals surface area contributed by atoms with Gasteiger partial charge in [-0.1, -0.05) is 6.07 Å². The Morgan fingerprint density at radius 3 is 2.88 bits per heavy atom. The van der Waals surface area contributed by atoms with Gasteiger partial charge in [0.15, 0.2) is 5.01 Å². The van der Waals surface area contributed by atoms with Crippen molar-refractivity contribution in [3.8, 4) is 5.75 Å². The minimum absolute atomic E-state index is 0.151. The van der Waals surface area contributed by atoms with E-state index in [0.29, 0.717) is 11.0 Å². The topological polar surface area (TPSA) is 54.5 Å². The van der Waals surface area contributed by atoms with E-state index in [-0.39, 0.29) is 5.91 Å². The number of carbonyl (C=O) groups excluding carboxylic acids is 1. The third kappa shape index (κ3) is 3.76. The van der Waals surface area contributed by atoms with Gasteiger partial charge in [0.1, 0.15) is 5.75 Å². The molecule has 0 saturated heterocycles. The Morgan fingerprint density at radius 1 is 1.33 bits per heavy atom. The largest absolute Gasteiger partial charge is 0.497 e. The molecule has 1 N–H and O–H groups in total. The monoisotopic (exact) mass is 345 g/mol. The van der Waals surface area contributed by atoms with Crippen LogP contribution in [0.1, 0.15) is 34.2 Å². The second-order valence-electron chi connectivity index (χ2n) is 6.20. The molecule has 24 heavy (non-hydrogen) atoms. The van der Waals surface area contributed by atoms with Gasteiger partial charge in [0, 0.05) is 42.2 Å². The zero-order chi connectivity index (χ0) is 17.1. The highest BCUT2D eigenvalue weighted by atomic mass is 32.1. The fourth-order valence-corrected chi connectivity index (χ4v) is 3.87. The van der Waals surface area contributed by atoms with Crippen molar-refractivity contribution in [1.82, 2.24) is 9.88 Å². The Morgan fingerprint density at radius 2 is 2.12 bits per heavy atom. The molecule has 0 atom stereocenters. The van der Waals surface area contributed by atoms with Crippen molar-refractivity contribution in [1.29, 1.82) is 0 Å². The number of hydrogen-bond acceptors (Lipinski definition) is 5. The van der Waals surface area contributed by atoms with Gasteiger partial charge < -0.3 is 15.0 Å². The van der Waals surface area contributed by atoms with Crippen LogP contribution < -0.4 is 10.1 Å². The molecular weight excluding hydrogens is 322 g/mol. The lowest BCUT2D eigenvalue weighted by Crippen LogP contribution is -2.33. The van der Waals surface area contributed by atoms with Gasteiger partial charge in [-0.05, 0) is 32.4 Å². The van der Waals surface area contributed by atoms with Crippen LogP contribution in [-0.4, -0.2) is 42.0 Å². The van der Waals surface area contributed by atoms with E-state index in [1.54, 1.807) is 13.2 Å². The number of benzene rings is 1. The summed E-state index contributed by atoms with van der Waals surface area (Å²) in [6, 6.07) is 7.90. The van der Waals surface area contributed by atoms with Gasteiger partial charge in [0.2, 0.25) is 0 Å². The van der Waals surface area contributed by atoms with Crippen LogP contribution in [0.4, 0.5) is 5.69 Å². The molecule has 0 radical (unpaired) electrons. The van der Waals surface area contributed by atoms with Crippen molar-refractivity contribution in [2.24, 2.45) is 0 Å². The van der Waals surface area contributed by atoms with Crippen molar-refractivity contribution in [2.45, 2.75) is 32.7 Å². The number of nitrogens with zero attached hydrogens (tertiary/aromatic N) is 2. The lowest BCUT2D eigenvalue weighted by molar-refractivity contribution is 0.102. The number of carbonyl (C=O) groups is 1. The lowest BCUT2D eigenvalue weighted by atomic mass is 10.2. The fourth-order valence-electron chi connectivity index (χ4n) is 2.88. The second kappa shape index (κ2) is 7.32. The van der Waals surface area contributed by atoms with Crippen LogP contribution in [0.5, 0.6) is 5.75 Å². The molecule has 0 spiro atoms. The maximum atomic E-state index is 12.5. The van der Waals surface area contributed by atoms with Gasteiger partial charge in [-0.15, -0.1) is 11.3 Å². The van der Waals surface area contributed by atoms with E-state index in [4.69, 9.17) is 4.74 Å². The van der Waals surface area contributed by atoms with E-state index in [0.717, 1.165) is 43.1 Å². The summed E-state index contributed by atoms with van der Waals surface area (Å²) in [6.45, 7) is 6.48. The highest BCUT2D eigenvalue weighted by Crippen LogP contribution is 2.25. The highest BCUT2D eigenvalue weighted by molar-refractivity contribution is 7.13. The molecule has 1 aromatic heterocycles. The fraction of sp³-hybridized carbons (Fsp3) is 0.444. The van der Waals surface area contributed by atoms with E-state index in [1.807, 2.05) is 18.2 Å². The van der Waals surface area contributed by atoms with Crippen LogP contribution in [0.25, 0.3) is 0 Å². The Balaban J connectivity index is 1.70. The number of amides is 1. The Bertz CT molecular complexity index is 701. The average molecular weight is 345 g/mol. The molecule has 2 aromatic rings. The van der Waals surface area contributed by atoms with Gasteiger partial charge in [-0.3, -0.25) is 4.79 Å². The van der Waals surface area contributed by atoms with E-state index in [2.05, 4.69) is 29.0 Å². The van der Waals surface area contributed by atoms with Gasteiger partial charge in [-0.25, -0.2) is 4.98 Å². The number of fused-ring (bicyclic) bond motifs is 1. The summed E-state index contributed by atoms with van der Waals surface area (Å²) in [5.41, 5.74) is 1.80. The minimum Gasteiger partial charge on any atom is -0.497 e. The predicted octanol–water partition coefficient (Wildman–Crippen LogP) is 3.21. The highest BCUT2D eigenvalue weighted by Gasteiger charge is 2.22. The molecule has 1 amide bonds. The molecule has 128 valence electrons. The first-order valence-electron chi connectivity index (χ1n) is 8.25. The summed E-state index contributed by atoms with van der Waals surface area (Å²) in [4.78, 5) is 20.8.